The van der Waals surface area contributed by atoms with Crippen molar-refractivity contribution in [2.75, 3.05) is 34.7 Å². The topological polar surface area (TPSA) is 30.9 Å². The number of nitrogens with zero attached hydrogens (tertiary/aromatic N) is 3. The Morgan fingerprint density at radius 1 is 1.24 bits per heavy atom. The molecule has 0 aliphatic rings. The molecule has 1 aromatic carbocycles. The lowest BCUT2D eigenvalue weighted by atomic mass is 10.2. The fraction of sp³-hybridized carbons (Fsp3) is 0.389. The number of aliphatic imine (C=N–C) groups is 1. The molecule has 4 nitrogen and oxygen atoms in total. The number of hydrogen-bond acceptors (Lipinski definition) is 3. The first-order valence-electron chi connectivity index (χ1n) is 7.87. The molecule has 0 fully saturated rings. The lowest BCUT2D eigenvalue weighted by Crippen LogP contribution is -2.42. The third-order valence-electron chi connectivity index (χ3n) is 3.83. The highest BCUT2D eigenvalue weighted by atomic mass is 127. The Labute approximate surface area is 170 Å². The Hall–Kier alpha value is -1.19. The maximum Gasteiger partial charge on any atom is 0.193 e. The highest BCUT2D eigenvalue weighted by Crippen LogP contribution is 2.22. The lowest BCUT2D eigenvalue weighted by Gasteiger charge is -2.27. The van der Waals surface area contributed by atoms with E-state index in [2.05, 4.69) is 46.8 Å². The van der Waals surface area contributed by atoms with Gasteiger partial charge in [0.05, 0.1) is 6.04 Å². The summed E-state index contributed by atoms with van der Waals surface area (Å²) in [4.78, 5) is 9.85. The van der Waals surface area contributed by atoms with Crippen LogP contribution in [0.5, 0.6) is 0 Å². The number of benzene rings is 1. The Morgan fingerprint density at radius 2 is 2.00 bits per heavy atom. The van der Waals surface area contributed by atoms with Crippen molar-refractivity contribution in [1.29, 1.82) is 0 Å². The lowest BCUT2D eigenvalue weighted by molar-refractivity contribution is 0.299. The van der Waals surface area contributed by atoms with Gasteiger partial charge in [0.2, 0.25) is 0 Å². The average Bonchev–Trinajstić information content (AvgIpc) is 3.05. The van der Waals surface area contributed by atoms with Crippen LogP contribution in [0.2, 0.25) is 0 Å². The van der Waals surface area contributed by atoms with Gasteiger partial charge in [0.1, 0.15) is 5.82 Å². The van der Waals surface area contributed by atoms with Crippen LogP contribution in [-0.4, -0.2) is 50.5 Å². The van der Waals surface area contributed by atoms with Crippen molar-refractivity contribution in [2.45, 2.75) is 12.6 Å². The van der Waals surface area contributed by atoms with Gasteiger partial charge in [-0.25, -0.2) is 4.39 Å². The van der Waals surface area contributed by atoms with Crippen molar-refractivity contribution in [3.63, 3.8) is 0 Å². The van der Waals surface area contributed by atoms with E-state index in [0.29, 0.717) is 6.54 Å². The van der Waals surface area contributed by atoms with Crippen LogP contribution in [0.3, 0.4) is 0 Å². The van der Waals surface area contributed by atoms with E-state index in [1.165, 1.54) is 10.9 Å². The molecule has 0 aliphatic carbocycles. The third kappa shape index (κ3) is 6.56. The molecule has 2 rings (SSSR count). The smallest absolute Gasteiger partial charge is 0.193 e. The van der Waals surface area contributed by atoms with Crippen LogP contribution in [0, 0.1) is 5.82 Å². The molecule has 0 aliphatic heterocycles. The van der Waals surface area contributed by atoms with Gasteiger partial charge in [-0.2, -0.15) is 0 Å². The van der Waals surface area contributed by atoms with Crippen molar-refractivity contribution >= 4 is 41.3 Å². The number of rotatable bonds is 6. The minimum atomic E-state index is -0.214. The molecule has 0 saturated heterocycles. The monoisotopic (exact) mass is 476 g/mol. The van der Waals surface area contributed by atoms with E-state index in [-0.39, 0.29) is 35.8 Å². The summed E-state index contributed by atoms with van der Waals surface area (Å²) in [5, 5.41) is 5.51. The zero-order valence-corrected chi connectivity index (χ0v) is 18.2. The van der Waals surface area contributed by atoms with Gasteiger partial charge in [0, 0.05) is 32.1 Å². The summed E-state index contributed by atoms with van der Waals surface area (Å²) in [6.07, 6.45) is 0. The number of halogens is 2. The molecule has 0 saturated carbocycles. The molecule has 25 heavy (non-hydrogen) atoms. The summed E-state index contributed by atoms with van der Waals surface area (Å²) in [5.74, 6) is 0.580. The molecule has 1 aromatic heterocycles. The summed E-state index contributed by atoms with van der Waals surface area (Å²) in [5.41, 5.74) is 0.919. The van der Waals surface area contributed by atoms with Crippen molar-refractivity contribution < 1.29 is 4.39 Å². The molecule has 7 heteroatoms. The average molecular weight is 476 g/mol. The van der Waals surface area contributed by atoms with E-state index < -0.39 is 0 Å². The predicted molar refractivity (Wildman–Crippen MR) is 115 cm³/mol. The van der Waals surface area contributed by atoms with Crippen molar-refractivity contribution in [3.8, 4) is 0 Å². The molecule has 1 heterocycles. The van der Waals surface area contributed by atoms with E-state index in [9.17, 15) is 4.39 Å². The fourth-order valence-corrected chi connectivity index (χ4v) is 3.50. The highest BCUT2D eigenvalue weighted by Gasteiger charge is 2.16. The van der Waals surface area contributed by atoms with E-state index >= 15 is 0 Å². The molecule has 0 amide bonds. The molecule has 0 bridgehead atoms. The summed E-state index contributed by atoms with van der Waals surface area (Å²) >= 11 is 1.75. The van der Waals surface area contributed by atoms with Gasteiger partial charge in [0.25, 0.3) is 0 Å². The van der Waals surface area contributed by atoms with Crippen LogP contribution in [0.1, 0.15) is 16.5 Å². The first-order chi connectivity index (χ1) is 11.5. The first kappa shape index (κ1) is 21.9. The maximum absolute atomic E-state index is 13.3. The van der Waals surface area contributed by atoms with Crippen LogP contribution in [0.15, 0.2) is 46.8 Å². The standard InChI is InChI=1S/C18H25FN4S.HI/c1-20-18(23(4)13-14-7-5-8-15(19)11-14)21-12-16(22(2)3)17-9-6-10-24-17;/h5-11,16H,12-13H2,1-4H3,(H,20,21);1H. The fourth-order valence-electron chi connectivity index (χ4n) is 2.58. The van der Waals surface area contributed by atoms with Gasteiger partial charge in [-0.15, -0.1) is 35.3 Å². The van der Waals surface area contributed by atoms with Crippen molar-refractivity contribution in [2.24, 2.45) is 4.99 Å². The molecule has 138 valence electrons. The zero-order chi connectivity index (χ0) is 17.5. The van der Waals surface area contributed by atoms with Crippen LogP contribution in [-0.2, 0) is 6.54 Å². The van der Waals surface area contributed by atoms with Crippen LogP contribution in [0.4, 0.5) is 4.39 Å². The Morgan fingerprint density at radius 3 is 2.56 bits per heavy atom. The van der Waals surface area contributed by atoms with Crippen molar-refractivity contribution in [1.82, 2.24) is 15.1 Å². The van der Waals surface area contributed by atoms with Crippen LogP contribution < -0.4 is 5.32 Å². The second-order valence-corrected chi connectivity index (χ2v) is 6.89. The van der Waals surface area contributed by atoms with E-state index in [1.54, 1.807) is 30.5 Å². The minimum Gasteiger partial charge on any atom is -0.354 e. The van der Waals surface area contributed by atoms with E-state index in [0.717, 1.165) is 18.1 Å². The summed E-state index contributed by atoms with van der Waals surface area (Å²) in [7, 11) is 7.87. The second-order valence-electron chi connectivity index (χ2n) is 5.91. The number of thiophene rings is 1. The van der Waals surface area contributed by atoms with Gasteiger partial charge >= 0.3 is 0 Å². The third-order valence-corrected chi connectivity index (χ3v) is 4.80. The summed E-state index contributed by atoms with van der Waals surface area (Å²) in [6.45, 7) is 1.36. The molecular weight excluding hydrogens is 450 g/mol. The number of likely N-dealkylation sites (N-methyl/N-ethyl adjacent to an activating group) is 1. The van der Waals surface area contributed by atoms with Crippen LogP contribution >= 0.6 is 35.3 Å². The Kier molecular flexibility index (Phi) is 9.37. The Balaban J connectivity index is 0.00000312. The number of nitrogens with one attached hydrogen (secondary N) is 1. The van der Waals surface area contributed by atoms with E-state index in [4.69, 9.17) is 0 Å². The molecular formula is C18H26FIN4S. The zero-order valence-electron chi connectivity index (χ0n) is 15.1. The largest absolute Gasteiger partial charge is 0.354 e. The SMILES string of the molecule is CN=C(NCC(c1cccs1)N(C)C)N(C)Cc1cccc(F)c1.I. The normalized spacial score (nSPS) is 12.6. The van der Waals surface area contributed by atoms with Gasteiger partial charge in [-0.05, 0) is 43.2 Å². The van der Waals surface area contributed by atoms with Gasteiger partial charge in [0.15, 0.2) is 5.96 Å². The van der Waals surface area contributed by atoms with Crippen LogP contribution in [0.25, 0.3) is 0 Å². The number of hydrogen-bond donors (Lipinski definition) is 1. The van der Waals surface area contributed by atoms with Gasteiger partial charge in [-0.3, -0.25) is 4.99 Å². The predicted octanol–water partition coefficient (Wildman–Crippen LogP) is 3.82. The maximum atomic E-state index is 13.3. The number of guanidine groups is 1. The summed E-state index contributed by atoms with van der Waals surface area (Å²) in [6, 6.07) is 11.2. The molecule has 1 unspecified atom stereocenters. The van der Waals surface area contributed by atoms with Gasteiger partial charge in [-0.1, -0.05) is 18.2 Å². The minimum absolute atomic E-state index is 0. The Bertz CT molecular complexity index is 661. The van der Waals surface area contributed by atoms with E-state index in [1.807, 2.05) is 18.0 Å². The van der Waals surface area contributed by atoms with Gasteiger partial charge < -0.3 is 15.1 Å². The molecule has 1 atom stereocenters. The molecule has 0 spiro atoms. The summed E-state index contributed by atoms with van der Waals surface area (Å²) < 4.78 is 13.3. The van der Waals surface area contributed by atoms with Crippen molar-refractivity contribution in [3.05, 3.63) is 58.0 Å². The molecule has 1 N–H and O–H groups in total. The molecule has 2 aromatic rings. The second kappa shape index (κ2) is 10.7. The molecule has 0 radical (unpaired) electrons. The first-order valence-corrected chi connectivity index (χ1v) is 8.75. The highest BCUT2D eigenvalue weighted by molar-refractivity contribution is 14.0. The quantitative estimate of drug-likeness (QED) is 0.391.